The van der Waals surface area contributed by atoms with Crippen LogP contribution in [0.15, 0.2) is 23.1 Å². The number of thioether (sulfide) groups is 1. The van der Waals surface area contributed by atoms with E-state index in [4.69, 9.17) is 11.6 Å². The van der Waals surface area contributed by atoms with E-state index in [0.717, 1.165) is 25.7 Å². The summed E-state index contributed by atoms with van der Waals surface area (Å²) in [6, 6.07) is 4.40. The molecular formula is C14H20ClNO3S2. The van der Waals surface area contributed by atoms with E-state index in [1.807, 2.05) is 11.8 Å². The van der Waals surface area contributed by atoms with Crippen molar-refractivity contribution in [1.29, 1.82) is 0 Å². The highest BCUT2D eigenvalue weighted by Crippen LogP contribution is 2.28. The number of nitrogens with one attached hydrogen (secondary N) is 1. The molecule has 1 aliphatic carbocycles. The minimum Gasteiger partial charge on any atom is -0.392 e. The molecule has 2 N–H and O–H groups in total. The first-order valence-electron chi connectivity index (χ1n) is 6.90. The van der Waals surface area contributed by atoms with Crippen LogP contribution in [-0.4, -0.2) is 31.1 Å². The zero-order valence-corrected chi connectivity index (χ0v) is 14.3. The summed E-state index contributed by atoms with van der Waals surface area (Å²) in [6.07, 6.45) is 5.91. The van der Waals surface area contributed by atoms with Gasteiger partial charge in [0.2, 0.25) is 10.0 Å². The third-order valence-electron chi connectivity index (χ3n) is 3.83. The van der Waals surface area contributed by atoms with Crippen LogP contribution in [0.5, 0.6) is 0 Å². The van der Waals surface area contributed by atoms with Crippen LogP contribution in [0.1, 0.15) is 31.2 Å². The van der Waals surface area contributed by atoms with Crippen LogP contribution < -0.4 is 4.72 Å². The molecule has 0 heterocycles. The predicted molar refractivity (Wildman–Crippen MR) is 87.3 cm³/mol. The fourth-order valence-corrected chi connectivity index (χ4v) is 4.82. The van der Waals surface area contributed by atoms with Crippen molar-refractivity contribution in [2.45, 2.75) is 48.5 Å². The summed E-state index contributed by atoms with van der Waals surface area (Å²) in [5, 5.41) is 10.2. The first-order chi connectivity index (χ1) is 9.96. The van der Waals surface area contributed by atoms with Crippen molar-refractivity contribution in [3.63, 3.8) is 0 Å². The van der Waals surface area contributed by atoms with Gasteiger partial charge in [-0.15, -0.1) is 0 Å². The summed E-state index contributed by atoms with van der Waals surface area (Å²) in [7, 11) is -3.56. The van der Waals surface area contributed by atoms with Gasteiger partial charge in [-0.05, 0) is 55.7 Å². The second-order valence-corrected chi connectivity index (χ2v) is 8.50. The van der Waals surface area contributed by atoms with E-state index < -0.39 is 10.0 Å². The Morgan fingerprint density at radius 1 is 1.33 bits per heavy atom. The van der Waals surface area contributed by atoms with E-state index in [0.29, 0.717) is 15.8 Å². The maximum absolute atomic E-state index is 12.4. The molecule has 1 aromatic rings. The van der Waals surface area contributed by atoms with E-state index in [9.17, 15) is 13.5 Å². The van der Waals surface area contributed by atoms with Crippen molar-refractivity contribution in [2.24, 2.45) is 0 Å². The van der Waals surface area contributed by atoms with Crippen LogP contribution in [0.25, 0.3) is 0 Å². The lowest BCUT2D eigenvalue weighted by molar-refractivity contribution is 0.281. The molecule has 0 bridgehead atoms. The Bertz CT molecular complexity index is 584. The Morgan fingerprint density at radius 2 is 2.00 bits per heavy atom. The molecular weight excluding hydrogens is 330 g/mol. The van der Waals surface area contributed by atoms with Crippen molar-refractivity contribution in [2.75, 3.05) is 6.26 Å². The normalized spacial score (nSPS) is 23.2. The molecule has 0 aliphatic heterocycles. The third kappa shape index (κ3) is 4.36. The van der Waals surface area contributed by atoms with E-state index in [1.165, 1.54) is 18.2 Å². The van der Waals surface area contributed by atoms with Gasteiger partial charge in [0.1, 0.15) is 0 Å². The monoisotopic (exact) mass is 349 g/mol. The smallest absolute Gasteiger partial charge is 0.240 e. The number of hydrogen-bond donors (Lipinski definition) is 2. The molecule has 0 spiro atoms. The highest BCUT2D eigenvalue weighted by atomic mass is 35.5. The molecule has 4 nitrogen and oxygen atoms in total. The topological polar surface area (TPSA) is 66.4 Å². The van der Waals surface area contributed by atoms with Crippen LogP contribution in [0.4, 0.5) is 0 Å². The van der Waals surface area contributed by atoms with Gasteiger partial charge in [-0.1, -0.05) is 11.6 Å². The molecule has 0 atom stereocenters. The fourth-order valence-electron chi connectivity index (χ4n) is 2.54. The van der Waals surface area contributed by atoms with Crippen LogP contribution in [-0.2, 0) is 16.6 Å². The Labute approximate surface area is 135 Å². The standard InChI is InChI=1S/C14H20ClNO3S2/c1-20-12-4-2-11(3-5-12)16-21(18,19)13-6-7-14(15)10(8-13)9-17/h6-8,11-12,16-17H,2-5,9H2,1H3. The summed E-state index contributed by atoms with van der Waals surface area (Å²) >= 11 is 7.74. The summed E-state index contributed by atoms with van der Waals surface area (Å²) in [4.78, 5) is 0.155. The number of hydrogen-bond acceptors (Lipinski definition) is 4. The fraction of sp³-hybridized carbons (Fsp3) is 0.571. The molecule has 118 valence electrons. The largest absolute Gasteiger partial charge is 0.392 e. The second kappa shape index (κ2) is 7.33. The number of aliphatic hydroxyl groups excluding tert-OH is 1. The van der Waals surface area contributed by atoms with Crippen molar-refractivity contribution >= 4 is 33.4 Å². The molecule has 7 heteroatoms. The Kier molecular flexibility index (Phi) is 5.96. The number of aliphatic hydroxyl groups is 1. The molecule has 21 heavy (non-hydrogen) atoms. The molecule has 1 saturated carbocycles. The minimum absolute atomic E-state index is 0.00773. The number of benzene rings is 1. The Morgan fingerprint density at radius 3 is 2.57 bits per heavy atom. The number of rotatable bonds is 5. The summed E-state index contributed by atoms with van der Waals surface area (Å²) in [5.74, 6) is 0. The first-order valence-corrected chi connectivity index (χ1v) is 10.1. The number of sulfonamides is 1. The quantitative estimate of drug-likeness (QED) is 0.857. The van der Waals surface area contributed by atoms with Crippen LogP contribution in [0.2, 0.25) is 5.02 Å². The second-order valence-electron chi connectivity index (χ2n) is 5.24. The van der Waals surface area contributed by atoms with E-state index in [1.54, 1.807) is 0 Å². The van der Waals surface area contributed by atoms with E-state index in [-0.39, 0.29) is 17.5 Å². The van der Waals surface area contributed by atoms with Gasteiger partial charge in [-0.25, -0.2) is 13.1 Å². The van der Waals surface area contributed by atoms with Gasteiger partial charge in [-0.2, -0.15) is 11.8 Å². The highest BCUT2D eigenvalue weighted by Gasteiger charge is 2.25. The van der Waals surface area contributed by atoms with Crippen molar-refractivity contribution in [3.05, 3.63) is 28.8 Å². The molecule has 1 aliphatic rings. The highest BCUT2D eigenvalue weighted by molar-refractivity contribution is 7.99. The van der Waals surface area contributed by atoms with E-state index in [2.05, 4.69) is 11.0 Å². The molecule has 0 radical (unpaired) electrons. The van der Waals surface area contributed by atoms with Gasteiger partial charge in [-0.3, -0.25) is 0 Å². The summed E-state index contributed by atoms with van der Waals surface area (Å²) < 4.78 is 27.5. The van der Waals surface area contributed by atoms with E-state index >= 15 is 0 Å². The maximum atomic E-state index is 12.4. The average Bonchev–Trinajstić information content (AvgIpc) is 2.48. The summed E-state index contributed by atoms with van der Waals surface area (Å²) in [6.45, 7) is -0.277. The zero-order chi connectivity index (χ0) is 15.5. The van der Waals surface area contributed by atoms with Gasteiger partial charge in [0.05, 0.1) is 11.5 Å². The van der Waals surface area contributed by atoms with Crippen LogP contribution >= 0.6 is 23.4 Å². The van der Waals surface area contributed by atoms with Gasteiger partial charge in [0.15, 0.2) is 0 Å². The van der Waals surface area contributed by atoms with Crippen molar-refractivity contribution in [1.82, 2.24) is 4.72 Å². The molecule has 0 aromatic heterocycles. The molecule has 0 saturated heterocycles. The molecule has 2 rings (SSSR count). The molecule has 0 unspecified atom stereocenters. The van der Waals surface area contributed by atoms with Crippen LogP contribution in [0, 0.1) is 0 Å². The minimum atomic E-state index is -3.56. The lowest BCUT2D eigenvalue weighted by atomic mass is 9.96. The van der Waals surface area contributed by atoms with Gasteiger partial charge in [0.25, 0.3) is 0 Å². The zero-order valence-electron chi connectivity index (χ0n) is 11.9. The van der Waals surface area contributed by atoms with Gasteiger partial charge >= 0.3 is 0 Å². The lowest BCUT2D eigenvalue weighted by Gasteiger charge is -2.27. The Hall–Kier alpha value is -0.270. The third-order valence-corrected chi connectivity index (χ3v) is 6.85. The first kappa shape index (κ1) is 17.1. The summed E-state index contributed by atoms with van der Waals surface area (Å²) in [5.41, 5.74) is 0.422. The molecule has 0 amide bonds. The molecule has 1 fully saturated rings. The van der Waals surface area contributed by atoms with Gasteiger partial charge in [0, 0.05) is 16.3 Å². The lowest BCUT2D eigenvalue weighted by Crippen LogP contribution is -2.38. The van der Waals surface area contributed by atoms with Gasteiger partial charge < -0.3 is 5.11 Å². The average molecular weight is 350 g/mol. The maximum Gasteiger partial charge on any atom is 0.240 e. The SMILES string of the molecule is CSC1CCC(NS(=O)(=O)c2ccc(Cl)c(CO)c2)CC1. The molecule has 1 aromatic carbocycles. The number of halogens is 1. The van der Waals surface area contributed by atoms with Crippen molar-refractivity contribution in [3.8, 4) is 0 Å². The van der Waals surface area contributed by atoms with Crippen molar-refractivity contribution < 1.29 is 13.5 Å². The predicted octanol–water partition coefficient (Wildman–Crippen LogP) is 2.78. The van der Waals surface area contributed by atoms with Crippen LogP contribution in [0.3, 0.4) is 0 Å². The Balaban J connectivity index is 2.08.